The third-order valence-electron chi connectivity index (χ3n) is 4.99. The average Bonchev–Trinajstić information content (AvgIpc) is 2.60. The highest BCUT2D eigenvalue weighted by molar-refractivity contribution is 5.68. The Kier molecular flexibility index (Phi) is 5.53. The second-order valence-electron chi connectivity index (χ2n) is 8.36. The number of hydrogen-bond acceptors (Lipinski definition) is 5. The van der Waals surface area contributed by atoms with Gasteiger partial charge in [-0.1, -0.05) is 0 Å². The number of carbonyl (C=O) groups excluding carboxylic acids is 1. The van der Waals surface area contributed by atoms with Crippen molar-refractivity contribution in [1.29, 1.82) is 0 Å². The smallest absolute Gasteiger partial charge is 0.410 e. The first-order valence-electron chi connectivity index (χ1n) is 9.57. The number of halogens is 2. The predicted molar refractivity (Wildman–Crippen MR) is 98.2 cm³/mol. The minimum atomic E-state index is -2.57. The van der Waals surface area contributed by atoms with E-state index in [2.05, 4.69) is 9.97 Å². The molecule has 3 rings (SSSR count). The van der Waals surface area contributed by atoms with E-state index in [1.54, 1.807) is 17.2 Å². The van der Waals surface area contributed by atoms with Crippen LogP contribution in [0.5, 0.6) is 0 Å². The second kappa shape index (κ2) is 7.56. The van der Waals surface area contributed by atoms with Crippen LogP contribution in [0, 0.1) is 0 Å². The van der Waals surface area contributed by atoms with Crippen molar-refractivity contribution in [2.24, 2.45) is 0 Å². The molecule has 0 spiro atoms. The first kappa shape index (κ1) is 19.8. The number of likely N-dealkylation sites (tertiary alicyclic amines) is 1. The summed E-state index contributed by atoms with van der Waals surface area (Å²) in [5.41, 5.74) is -0.503. The minimum absolute atomic E-state index is 0.138. The number of alkyl halides is 2. The van der Waals surface area contributed by atoms with Gasteiger partial charge in [-0.3, -0.25) is 0 Å². The molecule has 8 heteroatoms. The fourth-order valence-electron chi connectivity index (χ4n) is 3.45. The van der Waals surface area contributed by atoms with E-state index in [0.29, 0.717) is 32.0 Å². The zero-order chi connectivity index (χ0) is 19.7. The van der Waals surface area contributed by atoms with Gasteiger partial charge < -0.3 is 14.5 Å². The van der Waals surface area contributed by atoms with E-state index < -0.39 is 11.5 Å². The number of amides is 1. The predicted octanol–water partition coefficient (Wildman–Crippen LogP) is 3.83. The Balaban J connectivity index is 1.58. The van der Waals surface area contributed by atoms with Crippen molar-refractivity contribution in [3.05, 3.63) is 18.1 Å². The van der Waals surface area contributed by atoms with E-state index in [-0.39, 0.29) is 24.9 Å². The molecule has 0 aromatic carbocycles. The third-order valence-corrected chi connectivity index (χ3v) is 4.99. The molecule has 0 saturated carbocycles. The van der Waals surface area contributed by atoms with E-state index in [0.717, 1.165) is 18.7 Å². The first-order chi connectivity index (χ1) is 12.6. The van der Waals surface area contributed by atoms with E-state index in [1.165, 1.54) is 0 Å². The summed E-state index contributed by atoms with van der Waals surface area (Å²) in [6, 6.07) is 1.78. The molecule has 0 unspecified atom stereocenters. The van der Waals surface area contributed by atoms with Crippen molar-refractivity contribution in [3.63, 3.8) is 0 Å². The van der Waals surface area contributed by atoms with Gasteiger partial charge in [0.1, 0.15) is 17.2 Å². The van der Waals surface area contributed by atoms with Crippen LogP contribution < -0.4 is 4.90 Å². The number of nitrogens with zero attached hydrogens (tertiary/aromatic N) is 4. The second-order valence-corrected chi connectivity index (χ2v) is 8.36. The number of piperidine rings is 2. The van der Waals surface area contributed by atoms with Gasteiger partial charge in [-0.15, -0.1) is 0 Å². The maximum Gasteiger partial charge on any atom is 0.410 e. The Morgan fingerprint density at radius 3 is 2.41 bits per heavy atom. The minimum Gasteiger partial charge on any atom is -0.444 e. The summed E-state index contributed by atoms with van der Waals surface area (Å²) in [5.74, 6) is -0.963. The molecular weight excluding hydrogens is 354 g/mol. The fraction of sp³-hybridized carbons (Fsp3) is 0.737. The molecule has 0 radical (unpaired) electrons. The molecule has 0 atom stereocenters. The maximum atomic E-state index is 13.4. The lowest BCUT2D eigenvalue weighted by molar-refractivity contribution is -0.0221. The molecule has 2 aliphatic rings. The van der Waals surface area contributed by atoms with Gasteiger partial charge in [0.2, 0.25) is 0 Å². The van der Waals surface area contributed by atoms with Crippen LogP contribution in [-0.4, -0.2) is 58.7 Å². The lowest BCUT2D eigenvalue weighted by atomic mass is 9.96. The molecule has 0 N–H and O–H groups in total. The van der Waals surface area contributed by atoms with Crippen LogP contribution in [0.15, 0.2) is 12.3 Å². The van der Waals surface area contributed by atoms with E-state index in [4.69, 9.17) is 4.74 Å². The number of carbonyl (C=O) groups is 1. The van der Waals surface area contributed by atoms with Gasteiger partial charge in [-0.25, -0.2) is 23.5 Å². The van der Waals surface area contributed by atoms with Gasteiger partial charge in [0.25, 0.3) is 5.92 Å². The van der Waals surface area contributed by atoms with Crippen LogP contribution >= 0.6 is 0 Å². The summed E-state index contributed by atoms with van der Waals surface area (Å²) in [5, 5.41) is 0. The Hall–Kier alpha value is -1.99. The van der Waals surface area contributed by atoms with Crippen molar-refractivity contribution in [2.75, 3.05) is 31.1 Å². The highest BCUT2D eigenvalue weighted by Crippen LogP contribution is 2.31. The molecule has 2 saturated heterocycles. The van der Waals surface area contributed by atoms with Gasteiger partial charge in [-0.05, 0) is 39.7 Å². The lowest BCUT2D eigenvalue weighted by Gasteiger charge is -2.34. The Bertz CT molecular complexity index is 660. The number of hydrogen-bond donors (Lipinski definition) is 0. The van der Waals surface area contributed by atoms with Gasteiger partial charge >= 0.3 is 6.09 Å². The molecule has 27 heavy (non-hydrogen) atoms. The molecule has 1 aromatic rings. The third kappa shape index (κ3) is 5.26. The molecule has 0 aliphatic carbocycles. The first-order valence-corrected chi connectivity index (χ1v) is 9.57. The van der Waals surface area contributed by atoms with Crippen LogP contribution in [0.2, 0.25) is 0 Å². The normalized spacial score (nSPS) is 21.2. The van der Waals surface area contributed by atoms with Gasteiger partial charge in [0.05, 0.1) is 0 Å². The van der Waals surface area contributed by atoms with Crippen molar-refractivity contribution in [3.8, 4) is 0 Å². The standard InChI is InChI=1S/C19H28F2N4O2/c1-18(2,3)27-17(26)25-10-5-14(6-11-25)16-22-9-4-15(23-16)24-12-7-19(20,21)8-13-24/h4,9,14H,5-8,10-13H2,1-3H3. The quantitative estimate of drug-likeness (QED) is 0.778. The molecule has 6 nitrogen and oxygen atoms in total. The topological polar surface area (TPSA) is 58.6 Å². The SMILES string of the molecule is CC(C)(C)OC(=O)N1CCC(c2nccc(N3CCC(F)(F)CC3)n2)CC1. The summed E-state index contributed by atoms with van der Waals surface area (Å²) < 4.78 is 32.2. The molecule has 2 aliphatic heterocycles. The Labute approximate surface area is 158 Å². The Morgan fingerprint density at radius 1 is 1.19 bits per heavy atom. The van der Waals surface area contributed by atoms with Crippen LogP contribution in [0.4, 0.5) is 19.4 Å². The average molecular weight is 382 g/mol. The van der Waals surface area contributed by atoms with Crippen molar-refractivity contribution >= 4 is 11.9 Å². The number of anilines is 1. The van der Waals surface area contributed by atoms with Crippen LogP contribution in [-0.2, 0) is 4.74 Å². The Morgan fingerprint density at radius 2 is 1.81 bits per heavy atom. The zero-order valence-corrected chi connectivity index (χ0v) is 16.3. The molecule has 150 valence electrons. The van der Waals surface area contributed by atoms with Crippen molar-refractivity contribution < 1.29 is 18.3 Å². The van der Waals surface area contributed by atoms with Crippen LogP contribution in [0.25, 0.3) is 0 Å². The highest BCUT2D eigenvalue weighted by Gasteiger charge is 2.35. The van der Waals surface area contributed by atoms with Crippen LogP contribution in [0.1, 0.15) is 58.2 Å². The molecule has 1 aromatic heterocycles. The van der Waals surface area contributed by atoms with Crippen molar-refractivity contribution in [1.82, 2.24) is 14.9 Å². The summed E-state index contributed by atoms with van der Waals surface area (Å²) in [6.45, 7) is 7.38. The zero-order valence-electron chi connectivity index (χ0n) is 16.3. The summed E-state index contributed by atoms with van der Waals surface area (Å²) in [7, 11) is 0. The molecule has 1 amide bonds. The number of rotatable bonds is 2. The molecule has 0 bridgehead atoms. The highest BCUT2D eigenvalue weighted by atomic mass is 19.3. The van der Waals surface area contributed by atoms with Crippen LogP contribution in [0.3, 0.4) is 0 Å². The monoisotopic (exact) mass is 382 g/mol. The largest absolute Gasteiger partial charge is 0.444 e. The van der Waals surface area contributed by atoms with Gasteiger partial charge in [0.15, 0.2) is 0 Å². The summed E-state index contributed by atoms with van der Waals surface area (Å²) in [6.07, 6.45) is 2.66. The van der Waals surface area contributed by atoms with Gasteiger partial charge in [-0.2, -0.15) is 0 Å². The fourth-order valence-corrected chi connectivity index (χ4v) is 3.45. The number of ether oxygens (including phenoxy) is 1. The number of aromatic nitrogens is 2. The van der Waals surface area contributed by atoms with E-state index in [9.17, 15) is 13.6 Å². The molecular formula is C19H28F2N4O2. The van der Waals surface area contributed by atoms with Gasteiger partial charge in [0, 0.05) is 51.1 Å². The lowest BCUT2D eigenvalue weighted by Crippen LogP contribution is -2.41. The maximum absolute atomic E-state index is 13.4. The summed E-state index contributed by atoms with van der Waals surface area (Å²) in [4.78, 5) is 24.8. The molecule has 2 fully saturated rings. The molecule has 3 heterocycles. The van der Waals surface area contributed by atoms with E-state index in [1.807, 2.05) is 25.7 Å². The van der Waals surface area contributed by atoms with E-state index >= 15 is 0 Å². The summed E-state index contributed by atoms with van der Waals surface area (Å²) >= 11 is 0. The van der Waals surface area contributed by atoms with Crippen molar-refractivity contribution in [2.45, 2.75) is 63.9 Å².